The number of carbonyl (C=O) groups is 3. The first kappa shape index (κ1) is 31.7. The van der Waals surface area contributed by atoms with E-state index >= 15 is 0 Å². The molecule has 5 aliphatic heterocycles. The van der Waals surface area contributed by atoms with Crippen LogP contribution in [0.2, 0.25) is 0 Å². The SMILES string of the molecule is C/C=C(\C)C(=O)O[C@@H]1C[C@H](OC(C)=O)[C@]2(C(=O)OC)CO[C@@H]3[C@H]2[C@]12CO[C@@H](O)[C@H]2[C@@](C)([C@]12O[C@@]1(C)[C@H]1C[C@@H]2O[C@@H]2OC=C[C@@]21O)[C@H]3O. The van der Waals surface area contributed by atoms with Gasteiger partial charge in [-0.3, -0.25) is 9.59 Å². The summed E-state index contributed by atoms with van der Waals surface area (Å²) in [7, 11) is 1.22. The van der Waals surface area contributed by atoms with Crippen molar-refractivity contribution in [1.82, 2.24) is 0 Å². The molecule has 16 atom stereocenters. The molecule has 3 N–H and O–H groups in total. The Morgan fingerprint density at radius 2 is 1.74 bits per heavy atom. The number of carbonyl (C=O) groups excluding carboxylic acids is 3. The van der Waals surface area contributed by atoms with Gasteiger partial charge in [-0.05, 0) is 33.3 Å². The summed E-state index contributed by atoms with van der Waals surface area (Å²) in [5.74, 6) is -4.53. The van der Waals surface area contributed by atoms with Gasteiger partial charge in [0.25, 0.3) is 0 Å². The Kier molecular flexibility index (Phi) is 6.44. The van der Waals surface area contributed by atoms with Crippen LogP contribution in [0.3, 0.4) is 0 Å². The standard InChI is InChI=1S/C33H42O14/c1-7-14(2)24(36)45-17-11-18(44-15(3)34)31(26(38)40-6)13-42-20-21(31)30(17)12-43-25(37)22(30)28(4,23(20)35)33-19-10-16(29(33,5)47-33)32(39)8-9-41-27(32)46-19/h7-9,16-23,25,27,35,37,39H,10-13H2,1-6H3/b14-7+/t16-,17-,18+,19+,20-,21+,22+,23+,25-,27+,28-,29+,30+,31-,32+,33+/m1/s1. The molecule has 8 aliphatic rings. The molecule has 1 spiro atoms. The first-order valence-electron chi connectivity index (χ1n) is 16.2. The van der Waals surface area contributed by atoms with Crippen LogP contribution in [0.25, 0.3) is 0 Å². The topological polar surface area (TPSA) is 189 Å². The zero-order valence-corrected chi connectivity index (χ0v) is 27.2. The number of esters is 3. The Morgan fingerprint density at radius 1 is 1.00 bits per heavy atom. The highest BCUT2D eigenvalue weighted by atomic mass is 16.7. The van der Waals surface area contributed by atoms with Crippen LogP contribution in [0.5, 0.6) is 0 Å². The second-order valence-corrected chi connectivity index (χ2v) is 15.0. The van der Waals surface area contributed by atoms with E-state index in [1.165, 1.54) is 20.3 Å². The maximum atomic E-state index is 14.0. The molecule has 0 aromatic heterocycles. The van der Waals surface area contributed by atoms with E-state index in [2.05, 4.69) is 0 Å². The molecule has 0 aromatic carbocycles. The quantitative estimate of drug-likeness (QED) is 0.157. The molecule has 258 valence electrons. The first-order valence-corrected chi connectivity index (χ1v) is 16.2. The Balaban J connectivity index is 1.34. The largest absolute Gasteiger partial charge is 0.469 e. The molecule has 3 aliphatic carbocycles. The summed E-state index contributed by atoms with van der Waals surface area (Å²) in [5, 5.41) is 36.4. The van der Waals surface area contributed by atoms with Gasteiger partial charge in [0, 0.05) is 47.5 Å². The normalized spacial score (nSPS) is 56.1. The molecular formula is C33H42O14. The molecule has 3 saturated carbocycles. The molecular weight excluding hydrogens is 620 g/mol. The maximum Gasteiger partial charge on any atom is 0.333 e. The predicted octanol–water partition coefficient (Wildman–Crippen LogP) is 0.254. The molecule has 7 fully saturated rings. The van der Waals surface area contributed by atoms with Gasteiger partial charge in [-0.2, -0.15) is 0 Å². The first-order chi connectivity index (χ1) is 22.1. The summed E-state index contributed by atoms with van der Waals surface area (Å²) in [6, 6.07) is 0. The average molecular weight is 663 g/mol. The lowest BCUT2D eigenvalue weighted by Gasteiger charge is -2.65. The van der Waals surface area contributed by atoms with Crippen molar-refractivity contribution < 1.29 is 67.6 Å². The molecule has 4 saturated heterocycles. The van der Waals surface area contributed by atoms with E-state index < -0.39 is 112 Å². The van der Waals surface area contributed by atoms with Gasteiger partial charge in [0.05, 0.1) is 44.9 Å². The van der Waals surface area contributed by atoms with Gasteiger partial charge in [0.15, 0.2) is 11.9 Å². The number of hydrogen-bond donors (Lipinski definition) is 3. The van der Waals surface area contributed by atoms with Crippen LogP contribution in [0.15, 0.2) is 24.0 Å². The zero-order valence-electron chi connectivity index (χ0n) is 27.2. The van der Waals surface area contributed by atoms with Crippen molar-refractivity contribution >= 4 is 17.9 Å². The Bertz CT molecular complexity index is 1490. The molecule has 0 amide bonds. The Morgan fingerprint density at radius 3 is 2.43 bits per heavy atom. The number of aliphatic hydroxyl groups is 3. The summed E-state index contributed by atoms with van der Waals surface area (Å²) >= 11 is 0. The molecule has 14 heteroatoms. The number of ether oxygens (including phenoxy) is 8. The summed E-state index contributed by atoms with van der Waals surface area (Å²) in [6.07, 6.45) is -3.09. The van der Waals surface area contributed by atoms with Crippen LogP contribution in [-0.4, -0.2) is 113 Å². The minimum atomic E-state index is -1.63. The molecule has 0 unspecified atom stereocenters. The lowest BCUT2D eigenvalue weighted by atomic mass is 9.38. The van der Waals surface area contributed by atoms with Crippen LogP contribution < -0.4 is 0 Å². The highest BCUT2D eigenvalue weighted by Gasteiger charge is 2.95. The van der Waals surface area contributed by atoms with E-state index in [1.807, 2.05) is 6.92 Å². The van der Waals surface area contributed by atoms with Crippen LogP contribution in [0, 0.1) is 34.0 Å². The van der Waals surface area contributed by atoms with E-state index in [0.717, 1.165) is 0 Å². The molecule has 2 bridgehead atoms. The Hall–Kier alpha value is -2.59. The fourth-order valence-electron chi connectivity index (χ4n) is 11.7. The summed E-state index contributed by atoms with van der Waals surface area (Å²) < 4.78 is 48.7. The highest BCUT2D eigenvalue weighted by Crippen LogP contribution is 2.82. The molecule has 8 rings (SSSR count). The molecule has 14 nitrogen and oxygen atoms in total. The number of rotatable bonds is 5. The zero-order chi connectivity index (χ0) is 33.7. The predicted molar refractivity (Wildman–Crippen MR) is 153 cm³/mol. The van der Waals surface area contributed by atoms with Crippen molar-refractivity contribution in [2.45, 2.75) is 107 Å². The van der Waals surface area contributed by atoms with Gasteiger partial charge in [0.2, 0.25) is 6.29 Å². The molecule has 5 heterocycles. The van der Waals surface area contributed by atoms with Crippen molar-refractivity contribution in [2.75, 3.05) is 20.3 Å². The van der Waals surface area contributed by atoms with Crippen LogP contribution in [-0.2, 0) is 52.3 Å². The van der Waals surface area contributed by atoms with Crippen molar-refractivity contribution in [3.8, 4) is 0 Å². The van der Waals surface area contributed by atoms with Crippen LogP contribution in [0.1, 0.15) is 47.5 Å². The van der Waals surface area contributed by atoms with Crippen molar-refractivity contribution in [3.63, 3.8) is 0 Å². The number of epoxide rings is 1. The monoisotopic (exact) mass is 662 g/mol. The lowest BCUT2D eigenvalue weighted by molar-refractivity contribution is -0.302. The minimum absolute atomic E-state index is 0.128. The second-order valence-electron chi connectivity index (χ2n) is 15.0. The summed E-state index contributed by atoms with van der Waals surface area (Å²) in [5.41, 5.74) is -7.94. The van der Waals surface area contributed by atoms with Crippen LogP contribution in [0.4, 0.5) is 0 Å². The van der Waals surface area contributed by atoms with Gasteiger partial charge >= 0.3 is 17.9 Å². The smallest absolute Gasteiger partial charge is 0.333 e. The lowest BCUT2D eigenvalue weighted by Crippen LogP contribution is -2.77. The van der Waals surface area contributed by atoms with Gasteiger partial charge in [0.1, 0.15) is 28.8 Å². The van der Waals surface area contributed by atoms with Gasteiger partial charge in [-0.15, -0.1) is 0 Å². The number of allylic oxidation sites excluding steroid dienone is 1. The highest BCUT2D eigenvalue weighted by molar-refractivity contribution is 5.88. The minimum Gasteiger partial charge on any atom is -0.469 e. The van der Waals surface area contributed by atoms with E-state index in [-0.39, 0.29) is 19.6 Å². The number of methoxy groups -OCH3 is 1. The third-order valence-corrected chi connectivity index (χ3v) is 13.6. The molecule has 0 radical (unpaired) electrons. The maximum absolute atomic E-state index is 14.0. The number of aliphatic hydroxyl groups excluding tert-OH is 2. The second kappa shape index (κ2) is 9.55. The third kappa shape index (κ3) is 3.29. The summed E-state index contributed by atoms with van der Waals surface area (Å²) in [4.78, 5) is 40.0. The number of fused-ring (bicyclic) bond motifs is 7. The van der Waals surface area contributed by atoms with E-state index in [0.29, 0.717) is 12.0 Å². The molecule has 0 aromatic rings. The fourth-order valence-corrected chi connectivity index (χ4v) is 11.7. The average Bonchev–Trinajstić information content (AvgIpc) is 3.43. The fraction of sp³-hybridized carbons (Fsp3) is 0.788. The van der Waals surface area contributed by atoms with E-state index in [9.17, 15) is 29.7 Å². The van der Waals surface area contributed by atoms with E-state index in [4.69, 9.17) is 37.9 Å². The van der Waals surface area contributed by atoms with Gasteiger partial charge in [-0.25, -0.2) is 4.79 Å². The van der Waals surface area contributed by atoms with Crippen LogP contribution >= 0.6 is 0 Å². The van der Waals surface area contributed by atoms with E-state index in [1.54, 1.807) is 32.9 Å². The summed E-state index contributed by atoms with van der Waals surface area (Å²) in [6.45, 7) is 7.74. The van der Waals surface area contributed by atoms with Crippen molar-refractivity contribution in [2.24, 2.45) is 34.0 Å². The number of hydrogen-bond acceptors (Lipinski definition) is 14. The van der Waals surface area contributed by atoms with Gasteiger partial charge < -0.3 is 53.2 Å². The van der Waals surface area contributed by atoms with Crippen molar-refractivity contribution in [1.29, 1.82) is 0 Å². The third-order valence-electron chi connectivity index (χ3n) is 13.6. The Labute approximate surface area is 271 Å². The van der Waals surface area contributed by atoms with Crippen molar-refractivity contribution in [3.05, 3.63) is 24.0 Å². The molecule has 47 heavy (non-hydrogen) atoms. The van der Waals surface area contributed by atoms with Gasteiger partial charge in [-0.1, -0.05) is 13.0 Å².